The molecule has 0 aliphatic carbocycles. The molecule has 0 bridgehead atoms. The Hall–Kier alpha value is -1.92. The van der Waals surface area contributed by atoms with E-state index >= 15 is 0 Å². The van der Waals surface area contributed by atoms with Crippen LogP contribution in [0.5, 0.6) is 0 Å². The Morgan fingerprint density at radius 2 is 1.81 bits per heavy atom. The number of nitrogens with zero attached hydrogens (tertiary/aromatic N) is 1. The minimum Gasteiger partial charge on any atom is -0.381 e. The van der Waals surface area contributed by atoms with Crippen LogP contribution in [0.1, 0.15) is 5.56 Å². The first-order valence-electron chi connectivity index (χ1n) is 6.41. The van der Waals surface area contributed by atoms with Crippen LogP contribution in [0, 0.1) is 5.82 Å². The van der Waals surface area contributed by atoms with E-state index in [1.165, 1.54) is 32.3 Å². The molecule has 4 nitrogen and oxygen atoms in total. The van der Waals surface area contributed by atoms with Gasteiger partial charge in [-0.3, -0.25) is 0 Å². The fourth-order valence-electron chi connectivity index (χ4n) is 1.82. The van der Waals surface area contributed by atoms with Crippen molar-refractivity contribution in [2.45, 2.75) is 11.4 Å². The number of benzene rings is 2. The van der Waals surface area contributed by atoms with E-state index in [0.717, 1.165) is 4.31 Å². The number of hydrogen-bond donors (Lipinski definition) is 1. The third-order valence-corrected chi connectivity index (χ3v) is 4.86. The second kappa shape index (κ2) is 6.24. The van der Waals surface area contributed by atoms with E-state index in [2.05, 4.69) is 5.32 Å². The molecule has 0 aromatic heterocycles. The molecule has 0 amide bonds. The lowest BCUT2D eigenvalue weighted by Crippen LogP contribution is -2.22. The van der Waals surface area contributed by atoms with Crippen molar-refractivity contribution in [3.8, 4) is 0 Å². The Morgan fingerprint density at radius 3 is 2.48 bits per heavy atom. The largest absolute Gasteiger partial charge is 0.381 e. The van der Waals surface area contributed by atoms with Crippen LogP contribution in [0.2, 0.25) is 0 Å². The van der Waals surface area contributed by atoms with Gasteiger partial charge in [0.1, 0.15) is 5.82 Å². The van der Waals surface area contributed by atoms with Crippen molar-refractivity contribution >= 4 is 15.7 Å². The second-order valence-electron chi connectivity index (χ2n) is 4.76. The summed E-state index contributed by atoms with van der Waals surface area (Å²) in [5.41, 5.74) is 1.15. The van der Waals surface area contributed by atoms with Crippen molar-refractivity contribution in [3.63, 3.8) is 0 Å². The van der Waals surface area contributed by atoms with Gasteiger partial charge in [-0.25, -0.2) is 17.1 Å². The number of sulfonamides is 1. The maximum atomic E-state index is 13.5. The van der Waals surface area contributed by atoms with E-state index in [0.29, 0.717) is 11.3 Å². The fraction of sp³-hybridized carbons (Fsp3) is 0.200. The van der Waals surface area contributed by atoms with Crippen LogP contribution in [0.3, 0.4) is 0 Å². The smallest absolute Gasteiger partial charge is 0.242 e. The molecule has 0 saturated heterocycles. The molecule has 0 aliphatic rings. The van der Waals surface area contributed by atoms with E-state index < -0.39 is 10.0 Å². The molecule has 0 spiro atoms. The van der Waals surface area contributed by atoms with Crippen molar-refractivity contribution in [2.24, 2.45) is 0 Å². The molecule has 112 valence electrons. The highest BCUT2D eigenvalue weighted by atomic mass is 32.2. The Kier molecular flexibility index (Phi) is 4.59. The molecule has 0 radical (unpaired) electrons. The summed E-state index contributed by atoms with van der Waals surface area (Å²) in [6, 6.07) is 12.9. The second-order valence-corrected chi connectivity index (χ2v) is 6.91. The van der Waals surface area contributed by atoms with Crippen molar-refractivity contribution in [3.05, 3.63) is 59.9 Å². The van der Waals surface area contributed by atoms with Gasteiger partial charge in [0.15, 0.2) is 0 Å². The first kappa shape index (κ1) is 15.5. The van der Waals surface area contributed by atoms with Crippen molar-refractivity contribution in [1.29, 1.82) is 0 Å². The van der Waals surface area contributed by atoms with Gasteiger partial charge in [0.2, 0.25) is 10.0 Å². The predicted octanol–water partition coefficient (Wildman–Crippen LogP) is 2.69. The molecule has 2 aromatic carbocycles. The molecule has 0 fully saturated rings. The Morgan fingerprint density at radius 1 is 1.10 bits per heavy atom. The van der Waals surface area contributed by atoms with Gasteiger partial charge < -0.3 is 5.32 Å². The molecule has 2 aromatic rings. The van der Waals surface area contributed by atoms with E-state index in [4.69, 9.17) is 0 Å². The summed E-state index contributed by atoms with van der Waals surface area (Å²) in [6.45, 7) is 0.290. The third kappa shape index (κ3) is 3.59. The third-order valence-electron chi connectivity index (χ3n) is 3.05. The summed E-state index contributed by atoms with van der Waals surface area (Å²) >= 11 is 0. The van der Waals surface area contributed by atoms with Gasteiger partial charge in [-0.2, -0.15) is 0 Å². The Bertz CT molecular complexity index is 730. The highest BCUT2D eigenvalue weighted by Gasteiger charge is 2.17. The molecule has 1 N–H and O–H groups in total. The molecule has 6 heteroatoms. The minimum absolute atomic E-state index is 0.200. The fourth-order valence-corrected chi connectivity index (χ4v) is 2.76. The lowest BCUT2D eigenvalue weighted by atomic mass is 10.2. The van der Waals surface area contributed by atoms with Gasteiger partial charge in [0, 0.05) is 31.9 Å². The molecule has 2 rings (SSSR count). The summed E-state index contributed by atoms with van der Waals surface area (Å²) in [6.07, 6.45) is 0. The van der Waals surface area contributed by atoms with Crippen LogP contribution in [-0.2, 0) is 16.6 Å². The standard InChI is InChI=1S/C15H17FN2O2S/c1-18(2)21(19,20)14-8-5-7-13(10-14)17-11-12-6-3-4-9-15(12)16/h3-10,17H,11H2,1-2H3. The van der Waals surface area contributed by atoms with Gasteiger partial charge in [-0.05, 0) is 24.3 Å². The van der Waals surface area contributed by atoms with Gasteiger partial charge in [0.05, 0.1) is 4.90 Å². The zero-order valence-corrected chi connectivity index (χ0v) is 12.7. The number of rotatable bonds is 5. The Labute approximate surface area is 124 Å². The first-order chi connectivity index (χ1) is 9.91. The van der Waals surface area contributed by atoms with Crippen LogP contribution in [0.25, 0.3) is 0 Å². The quantitative estimate of drug-likeness (QED) is 0.924. The minimum atomic E-state index is -3.47. The molecule has 0 heterocycles. The lowest BCUT2D eigenvalue weighted by molar-refractivity contribution is 0.521. The van der Waals surface area contributed by atoms with Crippen molar-refractivity contribution < 1.29 is 12.8 Å². The van der Waals surface area contributed by atoms with Crippen molar-refractivity contribution in [1.82, 2.24) is 4.31 Å². The summed E-state index contributed by atoms with van der Waals surface area (Å²) < 4.78 is 38.8. The Balaban J connectivity index is 2.18. The maximum Gasteiger partial charge on any atom is 0.242 e. The SMILES string of the molecule is CN(C)S(=O)(=O)c1cccc(NCc2ccccc2F)c1. The number of anilines is 1. The monoisotopic (exact) mass is 308 g/mol. The van der Waals surface area contributed by atoms with Gasteiger partial charge >= 0.3 is 0 Å². The molecular formula is C15H17FN2O2S. The lowest BCUT2D eigenvalue weighted by Gasteiger charge is -2.13. The highest BCUT2D eigenvalue weighted by molar-refractivity contribution is 7.89. The summed E-state index contributed by atoms with van der Waals surface area (Å²) in [5, 5.41) is 3.03. The van der Waals surface area contributed by atoms with Crippen LogP contribution in [0.4, 0.5) is 10.1 Å². The average molecular weight is 308 g/mol. The molecule has 21 heavy (non-hydrogen) atoms. The maximum absolute atomic E-state index is 13.5. The van der Waals surface area contributed by atoms with Gasteiger partial charge in [-0.1, -0.05) is 24.3 Å². The number of hydrogen-bond acceptors (Lipinski definition) is 3. The molecule has 0 unspecified atom stereocenters. The van der Waals surface area contributed by atoms with Crippen LogP contribution in [0.15, 0.2) is 53.4 Å². The molecule has 0 atom stereocenters. The summed E-state index contributed by atoms with van der Waals surface area (Å²) in [4.78, 5) is 0.200. The van der Waals surface area contributed by atoms with E-state index in [1.807, 2.05) is 0 Å². The molecule has 0 saturated carbocycles. The van der Waals surface area contributed by atoms with Crippen LogP contribution < -0.4 is 5.32 Å². The van der Waals surface area contributed by atoms with Crippen LogP contribution in [-0.4, -0.2) is 26.8 Å². The topological polar surface area (TPSA) is 49.4 Å². The zero-order valence-electron chi connectivity index (χ0n) is 11.9. The van der Waals surface area contributed by atoms with Gasteiger partial charge in [0.25, 0.3) is 0 Å². The van der Waals surface area contributed by atoms with E-state index in [-0.39, 0.29) is 17.3 Å². The van der Waals surface area contributed by atoms with Crippen molar-refractivity contribution in [2.75, 3.05) is 19.4 Å². The van der Waals surface area contributed by atoms with Crippen LogP contribution >= 0.6 is 0 Å². The molecular weight excluding hydrogens is 291 g/mol. The van der Waals surface area contributed by atoms with E-state index in [1.54, 1.807) is 30.3 Å². The summed E-state index contributed by atoms with van der Waals surface area (Å²) in [5.74, 6) is -0.290. The first-order valence-corrected chi connectivity index (χ1v) is 7.85. The van der Waals surface area contributed by atoms with Gasteiger partial charge in [-0.15, -0.1) is 0 Å². The predicted molar refractivity (Wildman–Crippen MR) is 81.0 cm³/mol. The highest BCUT2D eigenvalue weighted by Crippen LogP contribution is 2.19. The molecule has 0 aliphatic heterocycles. The zero-order chi connectivity index (χ0) is 15.5. The summed E-state index contributed by atoms with van der Waals surface area (Å²) in [7, 11) is -0.509. The van der Waals surface area contributed by atoms with E-state index in [9.17, 15) is 12.8 Å². The number of nitrogens with one attached hydrogen (secondary N) is 1. The average Bonchev–Trinajstić information content (AvgIpc) is 2.46. The number of halogens is 1. The normalized spacial score (nSPS) is 11.6.